The Morgan fingerprint density at radius 1 is 1.18 bits per heavy atom. The van der Waals surface area contributed by atoms with Gasteiger partial charge >= 0.3 is 0 Å². The van der Waals surface area contributed by atoms with Crippen LogP contribution in [0.25, 0.3) is 0 Å². The van der Waals surface area contributed by atoms with Crippen LogP contribution < -0.4 is 5.32 Å². The van der Waals surface area contributed by atoms with Gasteiger partial charge in [0.2, 0.25) is 11.8 Å². The summed E-state index contributed by atoms with van der Waals surface area (Å²) >= 11 is 0. The van der Waals surface area contributed by atoms with Crippen LogP contribution in [0.5, 0.6) is 0 Å². The highest BCUT2D eigenvalue weighted by molar-refractivity contribution is 7.86. The SMILES string of the molecule is CC(C)(C)[S@@](=O)CCNC(=O)[C@@H]1CCCN(C(=O)C2CC2)C1. The number of amides is 2. The minimum absolute atomic E-state index is 0.000735. The van der Waals surface area contributed by atoms with Crippen molar-refractivity contribution >= 4 is 22.6 Å². The second-order valence-electron chi connectivity index (χ2n) is 7.35. The van der Waals surface area contributed by atoms with Gasteiger partial charge in [-0.1, -0.05) is 0 Å². The molecule has 1 saturated carbocycles. The van der Waals surface area contributed by atoms with Gasteiger partial charge in [-0.15, -0.1) is 0 Å². The number of carbonyl (C=O) groups is 2. The van der Waals surface area contributed by atoms with Crippen molar-refractivity contribution in [3.05, 3.63) is 0 Å². The molecule has 1 saturated heterocycles. The van der Waals surface area contributed by atoms with E-state index in [4.69, 9.17) is 0 Å². The molecule has 2 fully saturated rings. The van der Waals surface area contributed by atoms with E-state index in [1.54, 1.807) is 0 Å². The number of nitrogens with one attached hydrogen (secondary N) is 1. The van der Waals surface area contributed by atoms with E-state index in [-0.39, 0.29) is 28.4 Å². The van der Waals surface area contributed by atoms with E-state index in [0.717, 1.165) is 32.2 Å². The second-order valence-corrected chi connectivity index (χ2v) is 9.67. The molecule has 6 heteroatoms. The minimum atomic E-state index is -0.950. The van der Waals surface area contributed by atoms with Gasteiger partial charge in [0.15, 0.2) is 0 Å². The number of rotatable bonds is 5. The molecule has 0 aromatic rings. The largest absolute Gasteiger partial charge is 0.355 e. The van der Waals surface area contributed by atoms with Crippen LogP contribution in [0.2, 0.25) is 0 Å². The van der Waals surface area contributed by atoms with Crippen LogP contribution in [0.15, 0.2) is 0 Å². The Labute approximate surface area is 135 Å². The number of nitrogens with zero attached hydrogens (tertiary/aromatic N) is 1. The van der Waals surface area contributed by atoms with E-state index in [9.17, 15) is 13.8 Å². The first-order chi connectivity index (χ1) is 10.3. The molecule has 2 atom stereocenters. The molecule has 5 nitrogen and oxygen atoms in total. The van der Waals surface area contributed by atoms with E-state index in [1.807, 2.05) is 25.7 Å². The quantitative estimate of drug-likeness (QED) is 0.827. The molecule has 0 aromatic carbocycles. The summed E-state index contributed by atoms with van der Waals surface area (Å²) in [5.41, 5.74) is 0. The molecule has 1 aliphatic carbocycles. The van der Waals surface area contributed by atoms with Crippen molar-refractivity contribution in [3.8, 4) is 0 Å². The van der Waals surface area contributed by atoms with Gasteiger partial charge in [0.1, 0.15) is 0 Å². The van der Waals surface area contributed by atoms with Gasteiger partial charge in [-0.3, -0.25) is 13.8 Å². The van der Waals surface area contributed by atoms with Gasteiger partial charge in [-0.25, -0.2) is 0 Å². The average molecular weight is 328 g/mol. The van der Waals surface area contributed by atoms with Gasteiger partial charge in [-0.2, -0.15) is 0 Å². The monoisotopic (exact) mass is 328 g/mol. The van der Waals surface area contributed by atoms with Crippen molar-refractivity contribution in [1.29, 1.82) is 0 Å². The Balaban J connectivity index is 1.74. The zero-order valence-electron chi connectivity index (χ0n) is 13.9. The number of likely N-dealkylation sites (tertiary alicyclic amines) is 1. The molecule has 1 heterocycles. The molecule has 126 valence electrons. The Morgan fingerprint density at radius 3 is 2.45 bits per heavy atom. The zero-order valence-corrected chi connectivity index (χ0v) is 14.7. The summed E-state index contributed by atoms with van der Waals surface area (Å²) in [5, 5.41) is 2.89. The lowest BCUT2D eigenvalue weighted by molar-refractivity contribution is -0.136. The lowest BCUT2D eigenvalue weighted by atomic mass is 9.97. The van der Waals surface area contributed by atoms with Gasteiger partial charge in [0.05, 0.1) is 5.92 Å². The number of hydrogen-bond acceptors (Lipinski definition) is 3. The molecule has 0 unspecified atom stereocenters. The third-order valence-electron chi connectivity index (χ3n) is 4.30. The molecule has 1 N–H and O–H groups in total. The lowest BCUT2D eigenvalue weighted by Gasteiger charge is -2.32. The molecule has 22 heavy (non-hydrogen) atoms. The van der Waals surface area contributed by atoms with Gasteiger partial charge in [0.25, 0.3) is 0 Å². The highest BCUT2D eigenvalue weighted by Gasteiger charge is 2.36. The summed E-state index contributed by atoms with van der Waals surface area (Å²) in [7, 11) is -0.950. The zero-order chi connectivity index (χ0) is 16.3. The normalized spacial score (nSPS) is 24.0. The molecule has 1 aliphatic heterocycles. The fourth-order valence-electron chi connectivity index (χ4n) is 2.70. The van der Waals surface area contributed by atoms with Crippen LogP contribution in [0.4, 0.5) is 0 Å². The Kier molecular flexibility index (Phi) is 5.64. The van der Waals surface area contributed by atoms with Crippen LogP contribution in [0.3, 0.4) is 0 Å². The maximum Gasteiger partial charge on any atom is 0.225 e. The van der Waals surface area contributed by atoms with Crippen LogP contribution in [-0.2, 0) is 20.4 Å². The Morgan fingerprint density at radius 2 is 1.86 bits per heavy atom. The third kappa shape index (κ3) is 4.80. The van der Waals surface area contributed by atoms with E-state index in [0.29, 0.717) is 18.8 Å². The summed E-state index contributed by atoms with van der Waals surface area (Å²) in [6.45, 7) is 7.58. The summed E-state index contributed by atoms with van der Waals surface area (Å²) in [6.07, 6.45) is 3.74. The molecule has 0 spiro atoms. The lowest BCUT2D eigenvalue weighted by Crippen LogP contribution is -2.46. The summed E-state index contributed by atoms with van der Waals surface area (Å²) in [5.74, 6) is 0.813. The van der Waals surface area contributed by atoms with Gasteiger partial charge in [0, 0.05) is 46.9 Å². The predicted molar refractivity (Wildman–Crippen MR) is 87.8 cm³/mol. The fraction of sp³-hybridized carbons (Fsp3) is 0.875. The van der Waals surface area contributed by atoms with Crippen LogP contribution in [-0.4, -0.2) is 51.1 Å². The van der Waals surface area contributed by atoms with Crippen molar-refractivity contribution < 1.29 is 13.8 Å². The van der Waals surface area contributed by atoms with Crippen LogP contribution >= 0.6 is 0 Å². The second kappa shape index (κ2) is 7.11. The number of carbonyl (C=O) groups excluding carboxylic acids is 2. The smallest absolute Gasteiger partial charge is 0.225 e. The molecular formula is C16H28N2O3S. The maximum atomic E-state index is 12.2. The first kappa shape index (κ1) is 17.4. The first-order valence-electron chi connectivity index (χ1n) is 8.24. The molecule has 2 rings (SSSR count). The van der Waals surface area contributed by atoms with Crippen molar-refractivity contribution in [1.82, 2.24) is 10.2 Å². The van der Waals surface area contributed by atoms with Crippen LogP contribution in [0, 0.1) is 11.8 Å². The highest BCUT2D eigenvalue weighted by atomic mass is 32.2. The number of hydrogen-bond donors (Lipinski definition) is 1. The molecule has 2 aliphatic rings. The summed E-state index contributed by atoms with van der Waals surface area (Å²) in [4.78, 5) is 26.2. The molecule has 2 amide bonds. The maximum absolute atomic E-state index is 12.2. The Hall–Kier alpha value is -0.910. The topological polar surface area (TPSA) is 66.5 Å². The molecule has 0 radical (unpaired) electrons. The molecule has 0 aromatic heterocycles. The Bertz CT molecular complexity index is 455. The first-order valence-corrected chi connectivity index (χ1v) is 9.56. The van der Waals surface area contributed by atoms with E-state index < -0.39 is 10.8 Å². The van der Waals surface area contributed by atoms with Crippen molar-refractivity contribution in [2.24, 2.45) is 11.8 Å². The molecular weight excluding hydrogens is 300 g/mol. The standard InChI is InChI=1S/C16H28N2O3S/c1-16(2,3)22(21)10-8-17-14(19)13-5-4-9-18(11-13)15(20)12-6-7-12/h12-13H,4-11H2,1-3H3,(H,17,19)/t13-,22+/m1/s1. The van der Waals surface area contributed by atoms with Crippen LogP contribution in [0.1, 0.15) is 46.5 Å². The molecule has 0 bridgehead atoms. The van der Waals surface area contributed by atoms with Gasteiger partial charge < -0.3 is 10.2 Å². The van der Waals surface area contributed by atoms with Crippen molar-refractivity contribution in [2.75, 3.05) is 25.4 Å². The third-order valence-corrected chi connectivity index (χ3v) is 6.24. The minimum Gasteiger partial charge on any atom is -0.355 e. The van der Waals surface area contributed by atoms with E-state index in [2.05, 4.69) is 5.32 Å². The van der Waals surface area contributed by atoms with Crippen molar-refractivity contribution in [2.45, 2.75) is 51.2 Å². The highest BCUT2D eigenvalue weighted by Crippen LogP contribution is 2.32. The summed E-state index contributed by atoms with van der Waals surface area (Å²) in [6, 6.07) is 0. The van der Waals surface area contributed by atoms with E-state index in [1.165, 1.54) is 0 Å². The fourth-order valence-corrected chi connectivity index (χ4v) is 3.60. The van der Waals surface area contributed by atoms with Gasteiger partial charge in [-0.05, 0) is 46.5 Å². The van der Waals surface area contributed by atoms with Crippen molar-refractivity contribution in [3.63, 3.8) is 0 Å². The predicted octanol–water partition coefficient (Wildman–Crippen LogP) is 1.30. The number of piperidine rings is 1. The summed E-state index contributed by atoms with van der Waals surface area (Å²) < 4.78 is 11.7. The van der Waals surface area contributed by atoms with E-state index >= 15 is 0 Å². The average Bonchev–Trinajstić information content (AvgIpc) is 3.30.